The maximum Gasteiger partial charge on any atom is 0.417 e. The molecule has 0 N–H and O–H groups in total. The highest BCUT2D eigenvalue weighted by atomic mass is 19.4. The van der Waals surface area contributed by atoms with Gasteiger partial charge < -0.3 is 4.90 Å². The van der Waals surface area contributed by atoms with Gasteiger partial charge >= 0.3 is 6.18 Å². The molecule has 0 unspecified atom stereocenters. The molecule has 1 fully saturated rings. The second-order valence-corrected chi connectivity index (χ2v) is 5.05. The maximum absolute atomic E-state index is 12.9. The van der Waals surface area contributed by atoms with Crippen LogP contribution in [0.25, 0.3) is 0 Å². The van der Waals surface area contributed by atoms with Crippen molar-refractivity contribution in [2.45, 2.75) is 6.18 Å². The smallest absolute Gasteiger partial charge is 0.304 e. The summed E-state index contributed by atoms with van der Waals surface area (Å²) in [6, 6.07) is 4.97. The average molecular weight is 286 g/mol. The Hall–Kier alpha value is -1.40. The van der Waals surface area contributed by atoms with Gasteiger partial charge in [-0.1, -0.05) is 18.2 Å². The van der Waals surface area contributed by atoms with Gasteiger partial charge in [0, 0.05) is 31.7 Å². The number of hydrogen-bond acceptors (Lipinski definition) is 3. The van der Waals surface area contributed by atoms with Crippen LogP contribution in [-0.2, 0) is 6.18 Å². The minimum atomic E-state index is -4.49. The number of nitrogens with zero attached hydrogens (tertiary/aromatic N) is 2. The van der Waals surface area contributed by atoms with E-state index in [0.29, 0.717) is 13.1 Å². The summed E-state index contributed by atoms with van der Waals surface area (Å²) in [4.78, 5) is 16.1. The minimum Gasteiger partial charge on any atom is -0.304 e. The molecule has 110 valence electrons. The van der Waals surface area contributed by atoms with E-state index in [9.17, 15) is 18.0 Å². The molecule has 0 bridgehead atoms. The van der Waals surface area contributed by atoms with E-state index < -0.39 is 17.5 Å². The second kappa shape index (κ2) is 5.93. The molecule has 0 aliphatic carbocycles. The number of likely N-dealkylation sites (N-methyl/N-ethyl adjacent to an activating group) is 1. The molecule has 1 aromatic rings. The Labute approximate surface area is 116 Å². The summed E-state index contributed by atoms with van der Waals surface area (Å²) in [5.41, 5.74) is -1.09. The summed E-state index contributed by atoms with van der Waals surface area (Å²) in [7, 11) is 1.98. The number of piperazine rings is 1. The van der Waals surface area contributed by atoms with E-state index in [0.717, 1.165) is 19.2 Å². The van der Waals surface area contributed by atoms with Crippen LogP contribution < -0.4 is 0 Å². The first-order valence-electron chi connectivity index (χ1n) is 6.48. The summed E-state index contributed by atoms with van der Waals surface area (Å²) >= 11 is 0. The van der Waals surface area contributed by atoms with Crippen LogP contribution in [-0.4, -0.2) is 55.4 Å². The van der Waals surface area contributed by atoms with Crippen molar-refractivity contribution in [3.63, 3.8) is 0 Å². The van der Waals surface area contributed by atoms with Crippen molar-refractivity contribution in [1.82, 2.24) is 9.80 Å². The van der Waals surface area contributed by atoms with Gasteiger partial charge in [-0.15, -0.1) is 0 Å². The van der Waals surface area contributed by atoms with E-state index in [1.165, 1.54) is 18.2 Å². The number of rotatable bonds is 3. The van der Waals surface area contributed by atoms with Gasteiger partial charge in [0.05, 0.1) is 12.1 Å². The summed E-state index contributed by atoms with van der Waals surface area (Å²) in [6.07, 6.45) is -4.49. The highest BCUT2D eigenvalue weighted by Gasteiger charge is 2.35. The van der Waals surface area contributed by atoms with Crippen LogP contribution in [0.4, 0.5) is 13.2 Å². The lowest BCUT2D eigenvalue weighted by Crippen LogP contribution is -2.46. The van der Waals surface area contributed by atoms with Crippen molar-refractivity contribution < 1.29 is 18.0 Å². The highest BCUT2D eigenvalue weighted by molar-refractivity contribution is 5.99. The van der Waals surface area contributed by atoms with Crippen LogP contribution in [0.5, 0.6) is 0 Å². The lowest BCUT2D eigenvalue weighted by molar-refractivity contribution is -0.137. The second-order valence-electron chi connectivity index (χ2n) is 5.05. The standard InChI is InChI=1S/C14H17F3N2O/c1-18-6-8-19(9-7-18)10-13(20)11-4-2-3-5-12(11)14(15,16)17/h2-5H,6-10H2,1H3. The molecule has 0 atom stereocenters. The molecule has 6 heteroatoms. The minimum absolute atomic E-state index is 0.0426. The van der Waals surface area contributed by atoms with E-state index in [2.05, 4.69) is 4.90 Å². The zero-order chi connectivity index (χ0) is 14.8. The predicted octanol–water partition coefficient (Wildman–Crippen LogP) is 2.14. The van der Waals surface area contributed by atoms with Crippen LogP contribution in [0, 0.1) is 0 Å². The summed E-state index contributed by atoms with van der Waals surface area (Å²) in [6.45, 7) is 3.11. The first-order valence-corrected chi connectivity index (χ1v) is 6.48. The molecule has 0 amide bonds. The fourth-order valence-corrected chi connectivity index (χ4v) is 2.27. The molecule has 2 rings (SSSR count). The number of Topliss-reactive ketones (excluding diaryl/α,β-unsaturated/α-hetero) is 1. The van der Waals surface area contributed by atoms with E-state index in [1.54, 1.807) is 0 Å². The van der Waals surface area contributed by atoms with Crippen molar-refractivity contribution in [1.29, 1.82) is 0 Å². The molecule has 0 radical (unpaired) electrons. The molecule has 3 nitrogen and oxygen atoms in total. The number of ketones is 1. The Morgan fingerprint density at radius 2 is 1.75 bits per heavy atom. The maximum atomic E-state index is 12.9. The molecule has 0 saturated carbocycles. The van der Waals surface area contributed by atoms with Gasteiger partial charge in [0.25, 0.3) is 0 Å². The largest absolute Gasteiger partial charge is 0.417 e. The van der Waals surface area contributed by atoms with Gasteiger partial charge in [0.1, 0.15) is 0 Å². The number of carbonyl (C=O) groups is 1. The Morgan fingerprint density at radius 1 is 1.15 bits per heavy atom. The molecule has 1 aromatic carbocycles. The van der Waals surface area contributed by atoms with E-state index in [1.807, 2.05) is 11.9 Å². The van der Waals surface area contributed by atoms with Crippen molar-refractivity contribution in [3.05, 3.63) is 35.4 Å². The summed E-state index contributed by atoms with van der Waals surface area (Å²) in [5.74, 6) is -0.470. The molecular weight excluding hydrogens is 269 g/mol. The van der Waals surface area contributed by atoms with Crippen LogP contribution in [0.15, 0.2) is 24.3 Å². The quantitative estimate of drug-likeness (QED) is 0.795. The number of benzene rings is 1. The van der Waals surface area contributed by atoms with Crippen molar-refractivity contribution >= 4 is 5.78 Å². The van der Waals surface area contributed by atoms with E-state index in [-0.39, 0.29) is 12.1 Å². The van der Waals surface area contributed by atoms with Crippen LogP contribution in [0.2, 0.25) is 0 Å². The van der Waals surface area contributed by atoms with Crippen LogP contribution >= 0.6 is 0 Å². The van der Waals surface area contributed by atoms with Gasteiger partial charge in [0.2, 0.25) is 0 Å². The molecule has 1 aliphatic rings. The number of halogens is 3. The fourth-order valence-electron chi connectivity index (χ4n) is 2.27. The summed E-state index contributed by atoms with van der Waals surface area (Å²) in [5, 5.41) is 0. The third-order valence-electron chi connectivity index (χ3n) is 3.50. The molecular formula is C14H17F3N2O. The van der Waals surface area contributed by atoms with Crippen LogP contribution in [0.1, 0.15) is 15.9 Å². The van der Waals surface area contributed by atoms with E-state index in [4.69, 9.17) is 0 Å². The molecule has 1 heterocycles. The van der Waals surface area contributed by atoms with Gasteiger partial charge in [0.15, 0.2) is 5.78 Å². The van der Waals surface area contributed by atoms with Gasteiger partial charge in [-0.05, 0) is 13.1 Å². The Bertz CT molecular complexity index is 480. The Kier molecular flexibility index (Phi) is 4.45. The van der Waals surface area contributed by atoms with Gasteiger partial charge in [-0.2, -0.15) is 13.2 Å². The highest BCUT2D eigenvalue weighted by Crippen LogP contribution is 2.32. The van der Waals surface area contributed by atoms with Crippen molar-refractivity contribution in [2.75, 3.05) is 39.8 Å². The molecule has 1 saturated heterocycles. The topological polar surface area (TPSA) is 23.6 Å². The third kappa shape index (κ3) is 3.58. The monoisotopic (exact) mass is 286 g/mol. The summed E-state index contributed by atoms with van der Waals surface area (Å²) < 4.78 is 38.6. The van der Waals surface area contributed by atoms with E-state index >= 15 is 0 Å². The average Bonchev–Trinajstić information content (AvgIpc) is 2.40. The third-order valence-corrected chi connectivity index (χ3v) is 3.50. The molecule has 1 aliphatic heterocycles. The fraction of sp³-hybridized carbons (Fsp3) is 0.500. The van der Waals surface area contributed by atoms with Crippen molar-refractivity contribution in [2.24, 2.45) is 0 Å². The lowest BCUT2D eigenvalue weighted by Gasteiger charge is -2.31. The van der Waals surface area contributed by atoms with Crippen LogP contribution in [0.3, 0.4) is 0 Å². The molecule has 0 aromatic heterocycles. The molecule has 0 spiro atoms. The Morgan fingerprint density at radius 3 is 2.35 bits per heavy atom. The Balaban J connectivity index is 2.10. The molecule has 20 heavy (non-hydrogen) atoms. The van der Waals surface area contributed by atoms with Gasteiger partial charge in [-0.25, -0.2) is 0 Å². The van der Waals surface area contributed by atoms with Crippen molar-refractivity contribution in [3.8, 4) is 0 Å². The first kappa shape index (κ1) is 15.0. The zero-order valence-electron chi connectivity index (χ0n) is 11.3. The lowest BCUT2D eigenvalue weighted by atomic mass is 10.0. The SMILES string of the molecule is CN1CCN(CC(=O)c2ccccc2C(F)(F)F)CC1. The number of alkyl halides is 3. The zero-order valence-corrected chi connectivity index (χ0v) is 11.3. The normalized spacial score (nSPS) is 18.2. The first-order chi connectivity index (χ1) is 9.38. The number of carbonyl (C=O) groups excluding carboxylic acids is 1. The van der Waals surface area contributed by atoms with Gasteiger partial charge in [-0.3, -0.25) is 9.69 Å². The predicted molar refractivity (Wildman–Crippen MR) is 69.7 cm³/mol. The number of hydrogen-bond donors (Lipinski definition) is 0.